The molecule has 180 valence electrons. The summed E-state index contributed by atoms with van der Waals surface area (Å²) in [5, 5.41) is 11.1. The molecule has 0 radical (unpaired) electrons. The second-order valence-corrected chi connectivity index (χ2v) is 7.81. The van der Waals surface area contributed by atoms with E-state index < -0.39 is 0 Å². The monoisotopic (exact) mass is 475 g/mol. The lowest BCUT2D eigenvalue weighted by Gasteiger charge is -2.27. The predicted molar refractivity (Wildman–Crippen MR) is 131 cm³/mol. The van der Waals surface area contributed by atoms with E-state index in [0.29, 0.717) is 69.1 Å². The van der Waals surface area contributed by atoms with Crippen molar-refractivity contribution in [3.05, 3.63) is 35.7 Å². The van der Waals surface area contributed by atoms with E-state index in [1.54, 1.807) is 15.8 Å². The first-order chi connectivity index (χ1) is 16.1. The minimum absolute atomic E-state index is 0.0687. The number of hydrogen-bond donors (Lipinski definition) is 2. The molecular formula is C23H33N5O4S. The van der Waals surface area contributed by atoms with Crippen molar-refractivity contribution in [2.75, 3.05) is 51.4 Å². The van der Waals surface area contributed by atoms with Crippen molar-refractivity contribution in [1.29, 1.82) is 0 Å². The topological polar surface area (TPSA) is 89.9 Å². The summed E-state index contributed by atoms with van der Waals surface area (Å²) < 4.78 is 18.4. The number of amides is 1. The van der Waals surface area contributed by atoms with Crippen molar-refractivity contribution < 1.29 is 19.0 Å². The number of ether oxygens (including phenoxy) is 3. The number of aromatic nitrogens is 2. The Kier molecular flexibility index (Phi) is 9.32. The number of thiocarbonyl (C=S) groups is 1. The zero-order valence-corrected chi connectivity index (χ0v) is 20.4. The summed E-state index contributed by atoms with van der Waals surface area (Å²) in [7, 11) is 0. The first-order valence-electron chi connectivity index (χ1n) is 11.4. The molecule has 0 atom stereocenters. The minimum atomic E-state index is -0.0687. The van der Waals surface area contributed by atoms with Gasteiger partial charge in [-0.15, -0.1) is 0 Å². The summed E-state index contributed by atoms with van der Waals surface area (Å²) in [5.74, 6) is 1.43. The molecular weight excluding hydrogens is 442 g/mol. The smallest absolute Gasteiger partial charge is 0.274 e. The Hall–Kier alpha value is -2.85. The number of carbonyl (C=O) groups is 1. The van der Waals surface area contributed by atoms with Crippen molar-refractivity contribution >= 4 is 28.9 Å². The number of aryl methyl sites for hydroxylation is 1. The van der Waals surface area contributed by atoms with Crippen LogP contribution in [-0.4, -0.2) is 71.8 Å². The zero-order valence-electron chi connectivity index (χ0n) is 19.6. The maximum absolute atomic E-state index is 13.1. The number of hydrogen-bond acceptors (Lipinski definition) is 6. The molecule has 1 amide bonds. The van der Waals surface area contributed by atoms with Gasteiger partial charge in [0.05, 0.1) is 38.3 Å². The minimum Gasteiger partial charge on any atom is -0.490 e. The van der Waals surface area contributed by atoms with Crippen LogP contribution in [0.3, 0.4) is 0 Å². The molecule has 1 saturated heterocycles. The lowest BCUT2D eigenvalue weighted by molar-refractivity contribution is 0.0295. The van der Waals surface area contributed by atoms with E-state index in [0.717, 1.165) is 23.5 Å². The first-order valence-corrected chi connectivity index (χ1v) is 11.8. The Morgan fingerprint density at radius 1 is 1.15 bits per heavy atom. The van der Waals surface area contributed by atoms with Crippen LogP contribution in [0.5, 0.6) is 11.5 Å². The molecule has 0 spiro atoms. The zero-order chi connectivity index (χ0) is 23.6. The summed E-state index contributed by atoms with van der Waals surface area (Å²) in [6, 6.07) is 5.95. The normalized spacial score (nSPS) is 13.5. The van der Waals surface area contributed by atoms with Crippen molar-refractivity contribution in [3.63, 3.8) is 0 Å². The van der Waals surface area contributed by atoms with Gasteiger partial charge in [0.1, 0.15) is 5.69 Å². The van der Waals surface area contributed by atoms with E-state index in [1.807, 2.05) is 39.0 Å². The molecule has 3 rings (SSSR count). The van der Waals surface area contributed by atoms with Crippen molar-refractivity contribution in [2.24, 2.45) is 0 Å². The van der Waals surface area contributed by atoms with E-state index in [9.17, 15) is 4.79 Å². The van der Waals surface area contributed by atoms with Gasteiger partial charge in [-0.1, -0.05) is 6.07 Å². The van der Waals surface area contributed by atoms with E-state index in [4.69, 9.17) is 26.4 Å². The molecule has 2 aromatic rings. The lowest BCUT2D eigenvalue weighted by Crippen LogP contribution is -2.42. The largest absolute Gasteiger partial charge is 0.490 e. The second-order valence-electron chi connectivity index (χ2n) is 7.41. The summed E-state index contributed by atoms with van der Waals surface area (Å²) in [6.45, 7) is 10.5. The van der Waals surface area contributed by atoms with Crippen LogP contribution in [0.15, 0.2) is 24.4 Å². The first kappa shape index (κ1) is 24.8. The SMILES string of the molecule is CCOc1ccc(CCNC(=S)Nc2cnn(CC)c2C(=O)N2CCOCC2)cc1OCC. The number of morpholine rings is 1. The number of rotatable bonds is 10. The Balaban J connectivity index is 1.58. The molecule has 2 N–H and O–H groups in total. The molecule has 0 bridgehead atoms. The maximum atomic E-state index is 13.1. The van der Waals surface area contributed by atoms with E-state index >= 15 is 0 Å². The molecule has 1 aromatic heterocycles. The van der Waals surface area contributed by atoms with Gasteiger partial charge in [0.25, 0.3) is 5.91 Å². The standard InChI is InChI=1S/C23H33N5O4S/c1-4-28-21(22(29)27-11-13-30-14-12-27)18(16-25-28)26-23(33)24-10-9-17-7-8-19(31-5-2)20(15-17)32-6-3/h7-8,15-16H,4-6,9-14H2,1-3H3,(H2,24,26,33). The fourth-order valence-electron chi connectivity index (χ4n) is 3.60. The van der Waals surface area contributed by atoms with Crippen LogP contribution >= 0.6 is 12.2 Å². The molecule has 2 heterocycles. The molecule has 1 aliphatic rings. The summed E-state index contributed by atoms with van der Waals surface area (Å²) in [5.41, 5.74) is 2.22. The van der Waals surface area contributed by atoms with Crippen LogP contribution in [-0.2, 0) is 17.7 Å². The molecule has 0 saturated carbocycles. The number of benzene rings is 1. The lowest BCUT2D eigenvalue weighted by atomic mass is 10.1. The second kappa shape index (κ2) is 12.4. The van der Waals surface area contributed by atoms with Gasteiger partial charge in [0, 0.05) is 26.2 Å². The highest BCUT2D eigenvalue weighted by atomic mass is 32.1. The van der Waals surface area contributed by atoms with Gasteiger partial charge in [-0.2, -0.15) is 5.10 Å². The molecule has 0 aliphatic carbocycles. The highest BCUT2D eigenvalue weighted by Gasteiger charge is 2.25. The van der Waals surface area contributed by atoms with Crippen LogP contribution in [0.2, 0.25) is 0 Å². The maximum Gasteiger partial charge on any atom is 0.274 e. The van der Waals surface area contributed by atoms with Crippen molar-refractivity contribution in [1.82, 2.24) is 20.0 Å². The van der Waals surface area contributed by atoms with Gasteiger partial charge in [-0.05, 0) is 57.1 Å². The summed E-state index contributed by atoms with van der Waals surface area (Å²) >= 11 is 5.47. The van der Waals surface area contributed by atoms with Crippen LogP contribution < -0.4 is 20.1 Å². The van der Waals surface area contributed by atoms with Crippen molar-refractivity contribution in [2.45, 2.75) is 33.7 Å². The van der Waals surface area contributed by atoms with E-state index in [2.05, 4.69) is 15.7 Å². The molecule has 1 fully saturated rings. The van der Waals surface area contributed by atoms with E-state index in [1.165, 1.54) is 0 Å². The number of nitrogens with zero attached hydrogens (tertiary/aromatic N) is 3. The Bertz CT molecular complexity index is 943. The third kappa shape index (κ3) is 6.58. The average Bonchev–Trinajstić information content (AvgIpc) is 3.23. The molecule has 9 nitrogen and oxygen atoms in total. The Morgan fingerprint density at radius 2 is 1.88 bits per heavy atom. The van der Waals surface area contributed by atoms with Crippen molar-refractivity contribution in [3.8, 4) is 11.5 Å². The van der Waals surface area contributed by atoms with Crippen LogP contribution in [0, 0.1) is 0 Å². The fraction of sp³-hybridized carbons (Fsp3) is 0.522. The molecule has 0 unspecified atom stereocenters. The average molecular weight is 476 g/mol. The highest BCUT2D eigenvalue weighted by molar-refractivity contribution is 7.80. The van der Waals surface area contributed by atoms with Gasteiger partial charge in [0.15, 0.2) is 16.6 Å². The van der Waals surface area contributed by atoms with Crippen LogP contribution in [0.25, 0.3) is 0 Å². The number of nitrogens with one attached hydrogen (secondary N) is 2. The quantitative estimate of drug-likeness (QED) is 0.507. The third-order valence-electron chi connectivity index (χ3n) is 5.20. The Morgan fingerprint density at radius 3 is 2.58 bits per heavy atom. The van der Waals surface area contributed by atoms with Gasteiger partial charge in [0.2, 0.25) is 0 Å². The highest BCUT2D eigenvalue weighted by Crippen LogP contribution is 2.28. The fourth-order valence-corrected chi connectivity index (χ4v) is 3.81. The third-order valence-corrected chi connectivity index (χ3v) is 5.44. The molecule has 1 aliphatic heterocycles. The molecule has 1 aromatic carbocycles. The van der Waals surface area contributed by atoms with Crippen LogP contribution in [0.4, 0.5) is 5.69 Å². The summed E-state index contributed by atoms with van der Waals surface area (Å²) in [6.07, 6.45) is 2.40. The number of anilines is 1. The van der Waals surface area contributed by atoms with Crippen LogP contribution in [0.1, 0.15) is 36.8 Å². The van der Waals surface area contributed by atoms with Gasteiger partial charge in [-0.3, -0.25) is 9.48 Å². The van der Waals surface area contributed by atoms with Gasteiger partial charge < -0.3 is 29.7 Å². The predicted octanol–water partition coefficient (Wildman–Crippen LogP) is 2.70. The molecule has 10 heteroatoms. The Labute approximate surface area is 200 Å². The van der Waals surface area contributed by atoms with E-state index in [-0.39, 0.29) is 5.91 Å². The van der Waals surface area contributed by atoms with Gasteiger partial charge >= 0.3 is 0 Å². The van der Waals surface area contributed by atoms with Gasteiger partial charge in [-0.25, -0.2) is 0 Å². The summed E-state index contributed by atoms with van der Waals surface area (Å²) in [4.78, 5) is 14.9. The number of carbonyl (C=O) groups excluding carboxylic acids is 1. The molecule has 33 heavy (non-hydrogen) atoms.